The Labute approximate surface area is 133 Å². The Morgan fingerprint density at radius 2 is 2.23 bits per heavy atom. The Morgan fingerprint density at radius 3 is 3.05 bits per heavy atom. The van der Waals surface area contributed by atoms with Crippen LogP contribution >= 0.6 is 22.7 Å². The normalized spacial score (nSPS) is 10.8. The van der Waals surface area contributed by atoms with Crippen LogP contribution in [0.4, 0.5) is 14.7 Å². The van der Waals surface area contributed by atoms with Crippen LogP contribution in [0.3, 0.4) is 0 Å². The van der Waals surface area contributed by atoms with E-state index in [9.17, 15) is 9.18 Å². The number of rotatable bonds is 5. The highest BCUT2D eigenvalue weighted by atomic mass is 32.1. The second-order valence-corrected chi connectivity index (χ2v) is 6.27. The molecule has 0 aliphatic heterocycles. The molecule has 0 fully saturated rings. The molecule has 5 nitrogen and oxygen atoms in total. The maximum Gasteiger partial charge on any atom is 0.311 e. The Balaban J connectivity index is 1.72. The number of esters is 1. The van der Waals surface area contributed by atoms with E-state index in [0.717, 1.165) is 10.2 Å². The Bertz CT molecular complexity index is 815. The maximum absolute atomic E-state index is 13.2. The fraction of sp³-hybridized carbons (Fsp3) is 0.214. The van der Waals surface area contributed by atoms with Gasteiger partial charge < -0.3 is 10.1 Å². The SMILES string of the molecule is CCOC(=O)Cc1csc(Nc2nc3ccc(F)cc3s2)n1. The van der Waals surface area contributed by atoms with Crippen molar-refractivity contribution in [2.75, 3.05) is 11.9 Å². The summed E-state index contributed by atoms with van der Waals surface area (Å²) in [6.07, 6.45) is 0.150. The van der Waals surface area contributed by atoms with Gasteiger partial charge in [-0.2, -0.15) is 0 Å². The van der Waals surface area contributed by atoms with Gasteiger partial charge in [-0.3, -0.25) is 4.79 Å². The number of carbonyl (C=O) groups is 1. The van der Waals surface area contributed by atoms with E-state index in [-0.39, 0.29) is 18.2 Å². The molecule has 2 aromatic heterocycles. The standard InChI is InChI=1S/C14H12FN3O2S2/c1-2-20-12(19)6-9-7-21-13(16-9)18-14-17-10-4-3-8(15)5-11(10)22-14/h3-5,7H,2,6H2,1H3,(H,16,17,18). The van der Waals surface area contributed by atoms with Crippen LogP contribution in [0.25, 0.3) is 10.2 Å². The summed E-state index contributed by atoms with van der Waals surface area (Å²) in [6, 6.07) is 4.47. The van der Waals surface area contributed by atoms with E-state index in [1.807, 2.05) is 0 Å². The van der Waals surface area contributed by atoms with Gasteiger partial charge in [-0.05, 0) is 25.1 Å². The third-order valence-electron chi connectivity index (χ3n) is 2.75. The molecule has 0 aliphatic rings. The van der Waals surface area contributed by atoms with Crippen LogP contribution in [0.15, 0.2) is 23.6 Å². The first kappa shape index (κ1) is 14.9. The molecule has 0 bridgehead atoms. The minimum absolute atomic E-state index is 0.150. The van der Waals surface area contributed by atoms with E-state index in [2.05, 4.69) is 15.3 Å². The minimum Gasteiger partial charge on any atom is -0.466 e. The van der Waals surface area contributed by atoms with Crippen molar-refractivity contribution in [1.82, 2.24) is 9.97 Å². The van der Waals surface area contributed by atoms with Crippen LogP contribution in [0.1, 0.15) is 12.6 Å². The number of nitrogens with zero attached hydrogens (tertiary/aromatic N) is 2. The second kappa shape index (κ2) is 6.37. The number of anilines is 2. The van der Waals surface area contributed by atoms with Gasteiger partial charge in [0.1, 0.15) is 5.82 Å². The highest BCUT2D eigenvalue weighted by molar-refractivity contribution is 7.22. The van der Waals surface area contributed by atoms with E-state index in [1.165, 1.54) is 34.8 Å². The summed E-state index contributed by atoms with van der Waals surface area (Å²) in [7, 11) is 0. The van der Waals surface area contributed by atoms with E-state index in [1.54, 1.807) is 18.4 Å². The van der Waals surface area contributed by atoms with E-state index < -0.39 is 0 Å². The number of fused-ring (bicyclic) bond motifs is 1. The number of carbonyl (C=O) groups excluding carboxylic acids is 1. The maximum atomic E-state index is 13.2. The van der Waals surface area contributed by atoms with Gasteiger partial charge in [0.25, 0.3) is 0 Å². The molecular formula is C14H12FN3O2S2. The first-order chi connectivity index (χ1) is 10.6. The lowest BCUT2D eigenvalue weighted by Gasteiger charge is -1.98. The molecule has 0 amide bonds. The van der Waals surface area contributed by atoms with Gasteiger partial charge in [-0.15, -0.1) is 11.3 Å². The summed E-state index contributed by atoms with van der Waals surface area (Å²) in [6.45, 7) is 2.12. The van der Waals surface area contributed by atoms with Crippen molar-refractivity contribution in [3.63, 3.8) is 0 Å². The number of halogens is 1. The molecule has 0 radical (unpaired) electrons. The molecule has 0 saturated heterocycles. The van der Waals surface area contributed by atoms with Gasteiger partial charge in [-0.25, -0.2) is 14.4 Å². The molecular weight excluding hydrogens is 325 g/mol. The van der Waals surface area contributed by atoms with E-state index >= 15 is 0 Å². The smallest absolute Gasteiger partial charge is 0.311 e. The molecule has 1 aromatic carbocycles. The predicted molar refractivity (Wildman–Crippen MR) is 85.3 cm³/mol. The number of benzene rings is 1. The van der Waals surface area contributed by atoms with Gasteiger partial charge in [0, 0.05) is 5.38 Å². The fourth-order valence-corrected chi connectivity index (χ4v) is 3.51. The van der Waals surface area contributed by atoms with E-state index in [0.29, 0.717) is 22.6 Å². The summed E-state index contributed by atoms with van der Waals surface area (Å²) >= 11 is 2.73. The molecule has 2 heterocycles. The lowest BCUT2D eigenvalue weighted by Crippen LogP contribution is -2.07. The summed E-state index contributed by atoms with van der Waals surface area (Å²) < 4.78 is 18.8. The largest absolute Gasteiger partial charge is 0.466 e. The highest BCUT2D eigenvalue weighted by Gasteiger charge is 2.10. The molecule has 3 aromatic rings. The summed E-state index contributed by atoms with van der Waals surface area (Å²) in [5.41, 5.74) is 1.38. The molecule has 1 N–H and O–H groups in total. The van der Waals surface area contributed by atoms with Crippen molar-refractivity contribution in [1.29, 1.82) is 0 Å². The third kappa shape index (κ3) is 3.40. The van der Waals surface area contributed by atoms with Crippen molar-refractivity contribution in [2.24, 2.45) is 0 Å². The summed E-state index contributed by atoms with van der Waals surface area (Å²) in [5, 5.41) is 6.15. The first-order valence-corrected chi connectivity index (χ1v) is 8.27. The molecule has 8 heteroatoms. The molecule has 114 valence electrons. The monoisotopic (exact) mass is 337 g/mol. The zero-order chi connectivity index (χ0) is 15.5. The molecule has 0 unspecified atom stereocenters. The Morgan fingerprint density at radius 1 is 1.36 bits per heavy atom. The molecule has 0 aliphatic carbocycles. The van der Waals surface area contributed by atoms with Crippen LogP contribution in [-0.4, -0.2) is 22.5 Å². The van der Waals surface area contributed by atoms with Crippen molar-refractivity contribution in [3.05, 3.63) is 35.1 Å². The Kier molecular flexibility index (Phi) is 4.30. The second-order valence-electron chi connectivity index (χ2n) is 4.38. The zero-order valence-corrected chi connectivity index (χ0v) is 13.3. The first-order valence-electron chi connectivity index (χ1n) is 6.57. The highest BCUT2D eigenvalue weighted by Crippen LogP contribution is 2.29. The number of thiazole rings is 2. The zero-order valence-electron chi connectivity index (χ0n) is 11.6. The molecule has 22 heavy (non-hydrogen) atoms. The van der Waals surface area contributed by atoms with Gasteiger partial charge in [-0.1, -0.05) is 11.3 Å². The number of hydrogen-bond donors (Lipinski definition) is 1. The lowest BCUT2D eigenvalue weighted by atomic mass is 10.3. The number of hydrogen-bond acceptors (Lipinski definition) is 7. The summed E-state index contributed by atoms with van der Waals surface area (Å²) in [5.74, 6) is -0.580. The molecule has 0 atom stereocenters. The van der Waals surface area contributed by atoms with Crippen molar-refractivity contribution < 1.29 is 13.9 Å². The topological polar surface area (TPSA) is 64.1 Å². The van der Waals surface area contributed by atoms with Crippen molar-refractivity contribution in [3.8, 4) is 0 Å². The summed E-state index contributed by atoms with van der Waals surface area (Å²) in [4.78, 5) is 20.1. The average Bonchev–Trinajstić information content (AvgIpc) is 3.05. The molecule has 0 spiro atoms. The minimum atomic E-state index is -0.296. The average molecular weight is 337 g/mol. The number of nitrogens with one attached hydrogen (secondary N) is 1. The van der Waals surface area contributed by atoms with E-state index in [4.69, 9.17) is 4.74 Å². The van der Waals surface area contributed by atoms with Gasteiger partial charge >= 0.3 is 5.97 Å². The lowest BCUT2D eigenvalue weighted by molar-refractivity contribution is -0.142. The van der Waals surface area contributed by atoms with Crippen LogP contribution < -0.4 is 5.32 Å². The van der Waals surface area contributed by atoms with Gasteiger partial charge in [0.05, 0.1) is 28.9 Å². The van der Waals surface area contributed by atoms with Crippen LogP contribution in [0, 0.1) is 5.82 Å². The third-order valence-corrected chi connectivity index (χ3v) is 4.49. The van der Waals surface area contributed by atoms with Crippen LogP contribution in [-0.2, 0) is 16.0 Å². The molecule has 0 saturated carbocycles. The Hall–Kier alpha value is -2.06. The van der Waals surface area contributed by atoms with Crippen molar-refractivity contribution >= 4 is 49.1 Å². The number of ether oxygens (including phenoxy) is 1. The quantitative estimate of drug-likeness (QED) is 0.719. The van der Waals surface area contributed by atoms with Gasteiger partial charge in [0.2, 0.25) is 0 Å². The van der Waals surface area contributed by atoms with Gasteiger partial charge in [0.15, 0.2) is 10.3 Å². The van der Waals surface area contributed by atoms with Crippen LogP contribution in [0.2, 0.25) is 0 Å². The van der Waals surface area contributed by atoms with Crippen molar-refractivity contribution in [2.45, 2.75) is 13.3 Å². The predicted octanol–water partition coefficient (Wildman–Crippen LogP) is 3.74. The molecule has 3 rings (SSSR count). The van der Waals surface area contributed by atoms with Crippen LogP contribution in [0.5, 0.6) is 0 Å². The fourth-order valence-electron chi connectivity index (χ4n) is 1.85. The number of aromatic nitrogens is 2.